The van der Waals surface area contributed by atoms with Gasteiger partial charge in [0.05, 0.1) is 7.11 Å². The van der Waals surface area contributed by atoms with Crippen LogP contribution >= 0.6 is 0 Å². The Morgan fingerprint density at radius 2 is 2.20 bits per heavy atom. The Kier molecular flexibility index (Phi) is 5.22. The van der Waals surface area contributed by atoms with Gasteiger partial charge < -0.3 is 10.1 Å². The van der Waals surface area contributed by atoms with Crippen LogP contribution in [-0.4, -0.2) is 19.1 Å². The van der Waals surface area contributed by atoms with E-state index in [-0.39, 0.29) is 5.97 Å². The normalized spacial score (nSPS) is 26.5. The van der Waals surface area contributed by atoms with Gasteiger partial charge in [-0.05, 0) is 18.8 Å². The lowest BCUT2D eigenvalue weighted by Crippen LogP contribution is -2.35. The lowest BCUT2D eigenvalue weighted by molar-refractivity contribution is -0.134. The minimum Gasteiger partial charge on any atom is -0.466 e. The third-order valence-corrected chi connectivity index (χ3v) is 3.16. The van der Waals surface area contributed by atoms with E-state index in [1.165, 1.54) is 45.3 Å². The monoisotopic (exact) mass is 211 g/mol. The molecule has 0 saturated heterocycles. The van der Waals surface area contributed by atoms with Gasteiger partial charge in [0.25, 0.3) is 0 Å². The Balaban J connectivity index is 2.35. The molecule has 0 spiro atoms. The standard InChI is InChI=1S/C12H21NO2/c1-3-10-6-4-5-7-11(10)13-9-8-12(14)15-2/h8-11,13H,3-7H2,1-2H3/b9-8+. The maximum absolute atomic E-state index is 10.9. The van der Waals surface area contributed by atoms with Gasteiger partial charge in [-0.25, -0.2) is 4.79 Å². The van der Waals surface area contributed by atoms with Gasteiger partial charge in [-0.3, -0.25) is 0 Å². The van der Waals surface area contributed by atoms with Crippen molar-refractivity contribution < 1.29 is 9.53 Å². The first-order valence-corrected chi connectivity index (χ1v) is 5.78. The summed E-state index contributed by atoms with van der Waals surface area (Å²) in [6, 6.07) is 0.532. The van der Waals surface area contributed by atoms with Crippen molar-refractivity contribution in [1.82, 2.24) is 5.32 Å². The second kappa shape index (κ2) is 6.49. The zero-order valence-electron chi connectivity index (χ0n) is 9.66. The summed E-state index contributed by atoms with van der Waals surface area (Å²) in [4.78, 5) is 10.9. The molecule has 3 nitrogen and oxygen atoms in total. The summed E-state index contributed by atoms with van der Waals surface area (Å²) in [5.41, 5.74) is 0. The van der Waals surface area contributed by atoms with E-state index in [1.54, 1.807) is 6.20 Å². The van der Waals surface area contributed by atoms with Crippen molar-refractivity contribution in [3.8, 4) is 0 Å². The van der Waals surface area contributed by atoms with Crippen LogP contribution in [0.1, 0.15) is 39.0 Å². The number of carbonyl (C=O) groups is 1. The smallest absolute Gasteiger partial charge is 0.331 e. The number of rotatable bonds is 4. The first kappa shape index (κ1) is 12.1. The SMILES string of the molecule is CCC1CCCCC1N/C=C/C(=O)OC. The van der Waals surface area contributed by atoms with Gasteiger partial charge in [0.1, 0.15) is 0 Å². The molecule has 1 aliphatic carbocycles. The first-order valence-electron chi connectivity index (χ1n) is 5.78. The highest BCUT2D eigenvalue weighted by atomic mass is 16.5. The summed E-state index contributed by atoms with van der Waals surface area (Å²) in [6.45, 7) is 2.23. The molecule has 0 aromatic heterocycles. The minimum atomic E-state index is -0.300. The molecule has 1 rings (SSSR count). The van der Waals surface area contributed by atoms with Crippen LogP contribution in [0.2, 0.25) is 0 Å². The van der Waals surface area contributed by atoms with E-state index in [0.717, 1.165) is 5.92 Å². The average Bonchev–Trinajstić information content (AvgIpc) is 2.29. The number of methoxy groups -OCH3 is 1. The van der Waals surface area contributed by atoms with E-state index in [0.29, 0.717) is 6.04 Å². The first-order chi connectivity index (χ1) is 7.27. The highest BCUT2D eigenvalue weighted by Crippen LogP contribution is 2.26. The van der Waals surface area contributed by atoms with Gasteiger partial charge in [0.2, 0.25) is 0 Å². The number of carbonyl (C=O) groups excluding carboxylic acids is 1. The number of hydrogen-bond donors (Lipinski definition) is 1. The van der Waals surface area contributed by atoms with E-state index < -0.39 is 0 Å². The van der Waals surface area contributed by atoms with Crippen LogP contribution in [0.3, 0.4) is 0 Å². The van der Waals surface area contributed by atoms with Gasteiger partial charge in [-0.2, -0.15) is 0 Å². The van der Waals surface area contributed by atoms with E-state index in [2.05, 4.69) is 17.0 Å². The van der Waals surface area contributed by atoms with Crippen molar-refractivity contribution in [1.29, 1.82) is 0 Å². The molecule has 1 N–H and O–H groups in total. The quantitative estimate of drug-likeness (QED) is 0.572. The second-order valence-electron chi connectivity index (χ2n) is 4.08. The van der Waals surface area contributed by atoms with Gasteiger partial charge in [0.15, 0.2) is 0 Å². The Morgan fingerprint density at radius 3 is 2.87 bits per heavy atom. The Bertz CT molecular complexity index is 226. The van der Waals surface area contributed by atoms with Crippen molar-refractivity contribution in [2.45, 2.75) is 45.1 Å². The Labute approximate surface area is 91.9 Å². The molecule has 0 aliphatic heterocycles. The molecule has 86 valence electrons. The second-order valence-corrected chi connectivity index (χ2v) is 4.08. The highest BCUT2D eigenvalue weighted by Gasteiger charge is 2.22. The lowest BCUT2D eigenvalue weighted by Gasteiger charge is -2.30. The summed E-state index contributed by atoms with van der Waals surface area (Å²) < 4.78 is 4.53. The zero-order valence-corrected chi connectivity index (χ0v) is 9.66. The highest BCUT2D eigenvalue weighted by molar-refractivity contribution is 5.81. The maximum atomic E-state index is 10.9. The topological polar surface area (TPSA) is 38.3 Å². The van der Waals surface area contributed by atoms with Crippen LogP contribution in [0.25, 0.3) is 0 Å². The molecule has 1 fully saturated rings. The predicted molar refractivity (Wildman–Crippen MR) is 60.3 cm³/mol. The van der Waals surface area contributed by atoms with Crippen molar-refractivity contribution in [3.05, 3.63) is 12.3 Å². The van der Waals surface area contributed by atoms with Crippen LogP contribution in [-0.2, 0) is 9.53 Å². The minimum absolute atomic E-state index is 0.300. The number of nitrogens with one attached hydrogen (secondary N) is 1. The maximum Gasteiger partial charge on any atom is 0.331 e. The molecule has 0 bridgehead atoms. The molecular weight excluding hydrogens is 190 g/mol. The molecule has 0 amide bonds. The molecule has 3 heteroatoms. The van der Waals surface area contributed by atoms with Crippen molar-refractivity contribution >= 4 is 5.97 Å². The summed E-state index contributed by atoms with van der Waals surface area (Å²) in [5, 5.41) is 3.31. The van der Waals surface area contributed by atoms with Crippen LogP contribution < -0.4 is 5.32 Å². The average molecular weight is 211 g/mol. The van der Waals surface area contributed by atoms with Gasteiger partial charge in [-0.15, -0.1) is 0 Å². The van der Waals surface area contributed by atoms with E-state index >= 15 is 0 Å². The third kappa shape index (κ3) is 3.94. The molecule has 1 saturated carbocycles. The van der Waals surface area contributed by atoms with Crippen molar-refractivity contribution in [2.24, 2.45) is 5.92 Å². The Hall–Kier alpha value is -0.990. The van der Waals surface area contributed by atoms with Crippen molar-refractivity contribution in [3.63, 3.8) is 0 Å². The van der Waals surface area contributed by atoms with Crippen LogP contribution in [0.5, 0.6) is 0 Å². The van der Waals surface area contributed by atoms with E-state index in [4.69, 9.17) is 0 Å². The van der Waals surface area contributed by atoms with Gasteiger partial charge in [0, 0.05) is 18.3 Å². The fourth-order valence-electron chi connectivity index (χ4n) is 2.22. The Morgan fingerprint density at radius 1 is 1.47 bits per heavy atom. The molecule has 0 aromatic carbocycles. The molecule has 2 atom stereocenters. The fourth-order valence-corrected chi connectivity index (χ4v) is 2.22. The predicted octanol–water partition coefficient (Wildman–Crippen LogP) is 2.23. The van der Waals surface area contributed by atoms with Gasteiger partial charge >= 0.3 is 5.97 Å². The number of esters is 1. The number of ether oxygens (including phenoxy) is 1. The number of hydrogen-bond acceptors (Lipinski definition) is 3. The third-order valence-electron chi connectivity index (χ3n) is 3.16. The molecule has 0 heterocycles. The summed E-state index contributed by atoms with van der Waals surface area (Å²) in [5.74, 6) is 0.451. The largest absolute Gasteiger partial charge is 0.466 e. The summed E-state index contributed by atoms with van der Waals surface area (Å²) in [7, 11) is 1.39. The van der Waals surface area contributed by atoms with Crippen LogP contribution in [0.4, 0.5) is 0 Å². The molecule has 2 unspecified atom stereocenters. The van der Waals surface area contributed by atoms with E-state index in [1.807, 2.05) is 0 Å². The van der Waals surface area contributed by atoms with Gasteiger partial charge in [-0.1, -0.05) is 26.2 Å². The van der Waals surface area contributed by atoms with E-state index in [9.17, 15) is 4.79 Å². The molecule has 15 heavy (non-hydrogen) atoms. The zero-order chi connectivity index (χ0) is 11.1. The van der Waals surface area contributed by atoms with Crippen LogP contribution in [0, 0.1) is 5.92 Å². The summed E-state index contributed by atoms with van der Waals surface area (Å²) in [6.07, 6.45) is 9.54. The molecule has 0 aromatic rings. The lowest BCUT2D eigenvalue weighted by atomic mass is 9.83. The molecule has 1 aliphatic rings. The molecule has 0 radical (unpaired) electrons. The molecular formula is C12H21NO2. The fraction of sp³-hybridized carbons (Fsp3) is 0.750. The summed E-state index contributed by atoms with van der Waals surface area (Å²) >= 11 is 0. The van der Waals surface area contributed by atoms with Crippen LogP contribution in [0.15, 0.2) is 12.3 Å². The van der Waals surface area contributed by atoms with Crippen molar-refractivity contribution in [2.75, 3.05) is 7.11 Å².